The Balaban J connectivity index is 1.47. The van der Waals surface area contributed by atoms with Gasteiger partial charge in [-0.25, -0.2) is 0 Å². The van der Waals surface area contributed by atoms with Crippen molar-refractivity contribution in [3.05, 3.63) is 34.7 Å². The van der Waals surface area contributed by atoms with Crippen LogP contribution in [0, 0.1) is 0 Å². The van der Waals surface area contributed by atoms with Gasteiger partial charge in [0.1, 0.15) is 0 Å². The summed E-state index contributed by atoms with van der Waals surface area (Å²) >= 11 is 0. The molecule has 1 aliphatic heterocycles. The predicted octanol–water partition coefficient (Wildman–Crippen LogP) is 0.545. The van der Waals surface area contributed by atoms with Gasteiger partial charge in [0.15, 0.2) is 0 Å². The highest BCUT2D eigenvalue weighted by Crippen LogP contribution is 2.27. The average Bonchev–Trinajstić information content (AvgIpc) is 3.31. The lowest BCUT2D eigenvalue weighted by Crippen LogP contribution is -2.49. The van der Waals surface area contributed by atoms with Gasteiger partial charge >= 0.3 is 0 Å². The Bertz CT molecular complexity index is 528. The summed E-state index contributed by atoms with van der Waals surface area (Å²) in [5, 5.41) is 0. The minimum absolute atomic E-state index is 0.0427. The van der Waals surface area contributed by atoms with Crippen LogP contribution in [0.1, 0.15) is 19.3 Å². The molecule has 0 bridgehead atoms. The molecule has 5 nitrogen and oxygen atoms in total. The molecular weight excluding hydrogens is 254 g/mol. The SMILES string of the molecule is O=C(CCn1ccccc1=O)N1CCN(C2CC2)CC1. The van der Waals surface area contributed by atoms with Crippen molar-refractivity contribution in [1.82, 2.24) is 14.4 Å². The first-order valence-electron chi connectivity index (χ1n) is 7.41. The van der Waals surface area contributed by atoms with Crippen molar-refractivity contribution >= 4 is 5.91 Å². The van der Waals surface area contributed by atoms with E-state index in [-0.39, 0.29) is 11.5 Å². The highest BCUT2D eigenvalue weighted by Gasteiger charge is 2.32. The quantitative estimate of drug-likeness (QED) is 0.806. The molecule has 1 aromatic rings. The molecule has 0 radical (unpaired) electrons. The van der Waals surface area contributed by atoms with Gasteiger partial charge in [0, 0.05) is 57.4 Å². The van der Waals surface area contributed by atoms with Crippen LogP contribution in [0.3, 0.4) is 0 Å². The topological polar surface area (TPSA) is 45.6 Å². The first-order valence-corrected chi connectivity index (χ1v) is 7.41. The fourth-order valence-corrected chi connectivity index (χ4v) is 2.80. The summed E-state index contributed by atoms with van der Waals surface area (Å²) < 4.78 is 1.60. The largest absolute Gasteiger partial charge is 0.340 e. The Morgan fingerprint density at radius 3 is 2.55 bits per heavy atom. The Kier molecular flexibility index (Phi) is 3.87. The van der Waals surface area contributed by atoms with Crippen LogP contribution in [-0.2, 0) is 11.3 Å². The van der Waals surface area contributed by atoms with E-state index in [4.69, 9.17) is 0 Å². The van der Waals surface area contributed by atoms with Gasteiger partial charge in [-0.15, -0.1) is 0 Å². The predicted molar refractivity (Wildman–Crippen MR) is 76.5 cm³/mol. The number of nitrogens with zero attached hydrogens (tertiary/aromatic N) is 3. The van der Waals surface area contributed by atoms with E-state index < -0.39 is 0 Å². The monoisotopic (exact) mass is 275 g/mol. The smallest absolute Gasteiger partial charge is 0.250 e. The molecule has 0 aromatic carbocycles. The second-order valence-corrected chi connectivity index (χ2v) is 5.63. The lowest BCUT2D eigenvalue weighted by atomic mass is 10.2. The zero-order chi connectivity index (χ0) is 13.9. The molecule has 3 rings (SSSR count). The number of carbonyl (C=O) groups is 1. The van der Waals surface area contributed by atoms with Crippen molar-refractivity contribution < 1.29 is 4.79 Å². The van der Waals surface area contributed by atoms with Crippen LogP contribution in [0.15, 0.2) is 29.2 Å². The molecule has 20 heavy (non-hydrogen) atoms. The average molecular weight is 275 g/mol. The second kappa shape index (κ2) is 5.79. The number of carbonyl (C=O) groups excluding carboxylic acids is 1. The molecule has 1 aliphatic carbocycles. The zero-order valence-corrected chi connectivity index (χ0v) is 11.7. The van der Waals surface area contributed by atoms with Gasteiger partial charge in [-0.05, 0) is 18.9 Å². The van der Waals surface area contributed by atoms with Crippen molar-refractivity contribution in [1.29, 1.82) is 0 Å². The van der Waals surface area contributed by atoms with Crippen molar-refractivity contribution in [2.24, 2.45) is 0 Å². The Labute approximate surface area is 118 Å². The second-order valence-electron chi connectivity index (χ2n) is 5.63. The molecule has 1 saturated carbocycles. The normalized spacial score (nSPS) is 20.1. The maximum atomic E-state index is 12.2. The highest BCUT2D eigenvalue weighted by atomic mass is 16.2. The van der Waals surface area contributed by atoms with Crippen LogP contribution in [0.4, 0.5) is 0 Å². The van der Waals surface area contributed by atoms with Crippen LogP contribution in [0.2, 0.25) is 0 Å². The summed E-state index contributed by atoms with van der Waals surface area (Å²) in [5.41, 5.74) is -0.0427. The number of hydrogen-bond donors (Lipinski definition) is 0. The molecule has 2 aliphatic rings. The number of pyridine rings is 1. The fraction of sp³-hybridized carbons (Fsp3) is 0.600. The molecular formula is C15H21N3O2. The standard InChI is InChI=1S/C15H21N3O2/c19-14-3-1-2-7-17(14)8-6-15(20)18-11-9-16(10-12-18)13-4-5-13/h1-3,7,13H,4-6,8-12H2. The molecule has 5 heteroatoms. The first-order chi connectivity index (χ1) is 9.74. The number of aryl methyl sites for hydroxylation is 1. The maximum Gasteiger partial charge on any atom is 0.250 e. The van der Waals surface area contributed by atoms with Crippen molar-refractivity contribution in [3.8, 4) is 0 Å². The summed E-state index contributed by atoms with van der Waals surface area (Å²) in [4.78, 5) is 28.2. The third-order valence-corrected chi connectivity index (χ3v) is 4.20. The lowest BCUT2D eigenvalue weighted by Gasteiger charge is -2.34. The summed E-state index contributed by atoms with van der Waals surface area (Å²) in [7, 11) is 0. The van der Waals surface area contributed by atoms with Gasteiger partial charge in [-0.3, -0.25) is 14.5 Å². The number of piperazine rings is 1. The van der Waals surface area contributed by atoms with E-state index in [1.165, 1.54) is 18.9 Å². The summed E-state index contributed by atoms with van der Waals surface area (Å²) in [6.45, 7) is 4.14. The molecule has 2 fully saturated rings. The minimum Gasteiger partial charge on any atom is -0.340 e. The van der Waals surface area contributed by atoms with Gasteiger partial charge in [0.25, 0.3) is 5.56 Å². The number of rotatable bonds is 4. The fourth-order valence-electron chi connectivity index (χ4n) is 2.80. The Morgan fingerprint density at radius 1 is 1.15 bits per heavy atom. The molecule has 1 saturated heterocycles. The maximum absolute atomic E-state index is 12.2. The first kappa shape index (κ1) is 13.4. The van der Waals surface area contributed by atoms with E-state index >= 15 is 0 Å². The molecule has 1 aromatic heterocycles. The van der Waals surface area contributed by atoms with Crippen LogP contribution in [0.25, 0.3) is 0 Å². The van der Waals surface area contributed by atoms with Crippen LogP contribution in [0.5, 0.6) is 0 Å². The van der Waals surface area contributed by atoms with Crippen molar-refractivity contribution in [2.45, 2.75) is 31.8 Å². The molecule has 2 heterocycles. The van der Waals surface area contributed by atoms with E-state index in [9.17, 15) is 9.59 Å². The van der Waals surface area contributed by atoms with E-state index in [2.05, 4.69) is 4.90 Å². The number of amides is 1. The van der Waals surface area contributed by atoms with Crippen LogP contribution >= 0.6 is 0 Å². The molecule has 1 amide bonds. The summed E-state index contributed by atoms with van der Waals surface area (Å²) in [6.07, 6.45) is 4.80. The van der Waals surface area contributed by atoms with E-state index in [0.717, 1.165) is 32.2 Å². The van der Waals surface area contributed by atoms with Gasteiger partial charge in [0.05, 0.1) is 0 Å². The van der Waals surface area contributed by atoms with Crippen LogP contribution in [-0.4, -0.2) is 52.5 Å². The lowest BCUT2D eigenvalue weighted by molar-refractivity contribution is -0.133. The molecule has 0 unspecified atom stereocenters. The Hall–Kier alpha value is -1.62. The van der Waals surface area contributed by atoms with Crippen molar-refractivity contribution in [2.75, 3.05) is 26.2 Å². The van der Waals surface area contributed by atoms with E-state index in [1.54, 1.807) is 16.8 Å². The number of aromatic nitrogens is 1. The Morgan fingerprint density at radius 2 is 1.90 bits per heavy atom. The third kappa shape index (κ3) is 3.10. The molecule has 0 spiro atoms. The molecule has 0 atom stereocenters. The van der Waals surface area contributed by atoms with E-state index in [1.807, 2.05) is 11.0 Å². The highest BCUT2D eigenvalue weighted by molar-refractivity contribution is 5.76. The van der Waals surface area contributed by atoms with Crippen molar-refractivity contribution in [3.63, 3.8) is 0 Å². The molecule has 0 N–H and O–H groups in total. The molecule has 108 valence electrons. The third-order valence-electron chi connectivity index (χ3n) is 4.20. The van der Waals surface area contributed by atoms with Gasteiger partial charge < -0.3 is 9.47 Å². The zero-order valence-electron chi connectivity index (χ0n) is 11.7. The minimum atomic E-state index is -0.0427. The van der Waals surface area contributed by atoms with Gasteiger partial charge in [-0.2, -0.15) is 0 Å². The number of hydrogen-bond acceptors (Lipinski definition) is 3. The van der Waals surface area contributed by atoms with Gasteiger partial charge in [-0.1, -0.05) is 6.07 Å². The summed E-state index contributed by atoms with van der Waals surface area (Å²) in [6, 6.07) is 5.85. The van der Waals surface area contributed by atoms with Crippen LogP contribution < -0.4 is 5.56 Å². The summed E-state index contributed by atoms with van der Waals surface area (Å²) in [5.74, 6) is 0.163. The van der Waals surface area contributed by atoms with Gasteiger partial charge in [0.2, 0.25) is 5.91 Å². The van der Waals surface area contributed by atoms with E-state index in [0.29, 0.717) is 13.0 Å².